The third kappa shape index (κ3) is 4.87. The number of hydrogen-bond acceptors (Lipinski definition) is 6. The van der Waals surface area contributed by atoms with Crippen LogP contribution in [0, 0.1) is 18.8 Å². The molecule has 0 aliphatic heterocycles. The molecule has 3 amide bonds. The average Bonchev–Trinajstić information content (AvgIpc) is 3.18. The molecule has 4 rings (SSSR count). The zero-order valence-electron chi connectivity index (χ0n) is 18.9. The maximum Gasteiger partial charge on any atom is 0.294 e. The summed E-state index contributed by atoms with van der Waals surface area (Å²) in [5, 5.41) is 5.58. The molecule has 9 nitrogen and oxygen atoms in total. The predicted molar refractivity (Wildman–Crippen MR) is 124 cm³/mol. The third-order valence-electron chi connectivity index (χ3n) is 5.94. The summed E-state index contributed by atoms with van der Waals surface area (Å²) in [5.74, 6) is -0.594. The van der Waals surface area contributed by atoms with Gasteiger partial charge in [-0.2, -0.15) is 0 Å². The van der Waals surface area contributed by atoms with Gasteiger partial charge in [-0.15, -0.1) is 0 Å². The molecular formula is C24H27N5O4. The molecule has 0 unspecified atom stereocenters. The van der Waals surface area contributed by atoms with E-state index in [2.05, 4.69) is 20.6 Å². The summed E-state index contributed by atoms with van der Waals surface area (Å²) < 4.78 is 5.75. The van der Waals surface area contributed by atoms with Gasteiger partial charge in [-0.1, -0.05) is 6.07 Å². The first-order valence-electron chi connectivity index (χ1n) is 11.0. The van der Waals surface area contributed by atoms with Crippen molar-refractivity contribution in [3.8, 4) is 0 Å². The van der Waals surface area contributed by atoms with Crippen molar-refractivity contribution in [3.63, 3.8) is 0 Å². The predicted octanol–water partition coefficient (Wildman–Crippen LogP) is 3.62. The zero-order valence-corrected chi connectivity index (χ0v) is 18.9. The van der Waals surface area contributed by atoms with Crippen molar-refractivity contribution < 1.29 is 18.8 Å². The highest BCUT2D eigenvalue weighted by Gasteiger charge is 2.32. The molecule has 33 heavy (non-hydrogen) atoms. The maximum absolute atomic E-state index is 13.1. The lowest BCUT2D eigenvalue weighted by atomic mass is 9.81. The van der Waals surface area contributed by atoms with Gasteiger partial charge in [-0.05, 0) is 56.4 Å². The molecule has 3 aromatic rings. The number of amides is 3. The topological polar surface area (TPSA) is 117 Å². The first-order chi connectivity index (χ1) is 15.8. The highest BCUT2D eigenvalue weighted by atomic mass is 16.3. The first kappa shape index (κ1) is 22.4. The fourth-order valence-electron chi connectivity index (χ4n) is 4.11. The number of nitrogens with one attached hydrogen (secondary N) is 2. The molecule has 0 saturated heterocycles. The van der Waals surface area contributed by atoms with Crippen LogP contribution in [0.5, 0.6) is 0 Å². The number of fused-ring (bicyclic) bond motifs is 1. The van der Waals surface area contributed by atoms with Crippen LogP contribution in [0.1, 0.15) is 41.8 Å². The van der Waals surface area contributed by atoms with Crippen molar-refractivity contribution in [2.45, 2.75) is 32.6 Å². The van der Waals surface area contributed by atoms with Gasteiger partial charge in [0.05, 0.1) is 0 Å². The summed E-state index contributed by atoms with van der Waals surface area (Å²) in [6.45, 7) is 1.90. The zero-order chi connectivity index (χ0) is 23.5. The van der Waals surface area contributed by atoms with Gasteiger partial charge < -0.3 is 20.0 Å². The van der Waals surface area contributed by atoms with Crippen LogP contribution in [0.4, 0.5) is 11.5 Å². The van der Waals surface area contributed by atoms with Crippen LogP contribution < -0.4 is 10.6 Å². The summed E-state index contributed by atoms with van der Waals surface area (Å²) >= 11 is 0. The smallest absolute Gasteiger partial charge is 0.294 e. The lowest BCUT2D eigenvalue weighted by molar-refractivity contribution is -0.135. The number of rotatable bonds is 5. The Balaban J connectivity index is 1.52. The van der Waals surface area contributed by atoms with Crippen LogP contribution in [0.25, 0.3) is 11.1 Å². The molecular weight excluding hydrogens is 422 g/mol. The van der Waals surface area contributed by atoms with E-state index in [1.807, 2.05) is 13.0 Å². The minimum absolute atomic E-state index is 0.0316. The van der Waals surface area contributed by atoms with E-state index in [0.29, 0.717) is 42.6 Å². The number of aryl methyl sites for hydroxylation is 1. The molecule has 1 aliphatic rings. The second-order valence-corrected chi connectivity index (χ2v) is 8.60. The van der Waals surface area contributed by atoms with Crippen molar-refractivity contribution in [1.82, 2.24) is 14.9 Å². The summed E-state index contributed by atoms with van der Waals surface area (Å²) in [6.07, 6.45) is 5.75. The second kappa shape index (κ2) is 9.40. The van der Waals surface area contributed by atoms with Crippen LogP contribution >= 0.6 is 0 Å². The van der Waals surface area contributed by atoms with Gasteiger partial charge in [0.25, 0.3) is 5.91 Å². The van der Waals surface area contributed by atoms with Crippen LogP contribution in [0.15, 0.2) is 41.1 Å². The number of nitrogens with zero attached hydrogens (tertiary/aromatic N) is 3. The molecule has 9 heteroatoms. The fourth-order valence-corrected chi connectivity index (χ4v) is 4.11. The van der Waals surface area contributed by atoms with E-state index in [1.165, 1.54) is 0 Å². The molecule has 1 aliphatic carbocycles. The van der Waals surface area contributed by atoms with Crippen LogP contribution in [-0.4, -0.2) is 46.7 Å². The SMILES string of the molecule is Cc1ccc(NC(=O)c2oc3cccnc3c2NC(=O)[C@H]2CC[C@H](C(=O)N(C)C)CC2)nc1. The molecule has 0 bridgehead atoms. The average molecular weight is 450 g/mol. The number of hydrogen-bond donors (Lipinski definition) is 2. The van der Waals surface area contributed by atoms with E-state index in [1.54, 1.807) is 49.6 Å². The fraction of sp³-hybridized carbons (Fsp3) is 0.375. The molecule has 0 atom stereocenters. The van der Waals surface area contributed by atoms with Crippen molar-refractivity contribution >= 4 is 40.3 Å². The molecule has 3 aromatic heterocycles. The van der Waals surface area contributed by atoms with Crippen LogP contribution in [0.3, 0.4) is 0 Å². The van der Waals surface area contributed by atoms with Crippen molar-refractivity contribution in [1.29, 1.82) is 0 Å². The Morgan fingerprint density at radius 3 is 2.39 bits per heavy atom. The highest BCUT2D eigenvalue weighted by Crippen LogP contribution is 2.34. The van der Waals surface area contributed by atoms with E-state index >= 15 is 0 Å². The molecule has 1 saturated carbocycles. The lowest BCUT2D eigenvalue weighted by Gasteiger charge is -2.28. The van der Waals surface area contributed by atoms with E-state index < -0.39 is 5.91 Å². The lowest BCUT2D eigenvalue weighted by Crippen LogP contribution is -2.35. The molecule has 3 heterocycles. The molecule has 172 valence electrons. The highest BCUT2D eigenvalue weighted by molar-refractivity contribution is 6.13. The maximum atomic E-state index is 13.1. The van der Waals surface area contributed by atoms with Crippen molar-refractivity contribution in [2.24, 2.45) is 11.8 Å². The van der Waals surface area contributed by atoms with E-state index in [4.69, 9.17) is 4.42 Å². The van der Waals surface area contributed by atoms with Crippen LogP contribution in [0.2, 0.25) is 0 Å². The van der Waals surface area contributed by atoms with Crippen LogP contribution in [-0.2, 0) is 9.59 Å². The standard InChI is InChI=1S/C24H27N5O4/c1-14-6-11-18(26-13-14)27-23(31)21-20(19-17(33-21)5-4-12-25-19)28-22(30)15-7-9-16(10-8-15)24(32)29(2)3/h4-6,11-13,15-16H,7-10H2,1-3H3,(H,28,30)(H,26,27,31)/t15-,16-. The van der Waals surface area contributed by atoms with E-state index in [0.717, 1.165) is 5.56 Å². The van der Waals surface area contributed by atoms with Gasteiger partial charge >= 0.3 is 0 Å². The Labute approximate surface area is 191 Å². The summed E-state index contributed by atoms with van der Waals surface area (Å²) in [5.41, 5.74) is 2.02. The minimum Gasteiger partial charge on any atom is -0.447 e. The Morgan fingerprint density at radius 1 is 1.00 bits per heavy atom. The number of pyridine rings is 2. The number of furan rings is 1. The van der Waals surface area contributed by atoms with Gasteiger partial charge in [-0.3, -0.25) is 19.4 Å². The van der Waals surface area contributed by atoms with Gasteiger partial charge in [0.2, 0.25) is 17.6 Å². The monoisotopic (exact) mass is 449 g/mol. The Bertz CT molecular complexity index is 1180. The molecule has 0 radical (unpaired) electrons. The molecule has 0 aromatic carbocycles. The Morgan fingerprint density at radius 2 is 1.73 bits per heavy atom. The van der Waals surface area contributed by atoms with Crippen molar-refractivity contribution in [2.75, 3.05) is 24.7 Å². The van der Waals surface area contributed by atoms with Gasteiger partial charge in [0.1, 0.15) is 17.0 Å². The minimum atomic E-state index is -0.528. The summed E-state index contributed by atoms with van der Waals surface area (Å²) in [7, 11) is 3.49. The molecule has 0 spiro atoms. The van der Waals surface area contributed by atoms with Gasteiger partial charge in [0, 0.05) is 38.3 Å². The van der Waals surface area contributed by atoms with Crippen molar-refractivity contribution in [3.05, 3.63) is 48.0 Å². The van der Waals surface area contributed by atoms with Gasteiger partial charge in [-0.25, -0.2) is 4.98 Å². The first-order valence-corrected chi connectivity index (χ1v) is 11.0. The number of aromatic nitrogens is 2. The molecule has 2 N–H and O–H groups in total. The summed E-state index contributed by atoms with van der Waals surface area (Å²) in [4.78, 5) is 48.3. The number of anilines is 2. The Kier molecular flexibility index (Phi) is 6.39. The number of carbonyl (C=O) groups is 3. The Hall–Kier alpha value is -3.75. The number of carbonyl (C=O) groups excluding carboxylic acids is 3. The normalized spacial score (nSPS) is 18.0. The third-order valence-corrected chi connectivity index (χ3v) is 5.94. The second-order valence-electron chi connectivity index (χ2n) is 8.60. The van der Waals surface area contributed by atoms with Gasteiger partial charge in [0.15, 0.2) is 5.58 Å². The summed E-state index contributed by atoms with van der Waals surface area (Å²) in [6, 6.07) is 6.92. The van der Waals surface area contributed by atoms with E-state index in [-0.39, 0.29) is 35.1 Å². The largest absolute Gasteiger partial charge is 0.447 e. The quantitative estimate of drug-likeness (QED) is 0.614. The van der Waals surface area contributed by atoms with E-state index in [9.17, 15) is 14.4 Å². The molecule has 1 fully saturated rings.